The first-order chi connectivity index (χ1) is 11.9. The third-order valence-corrected chi connectivity index (χ3v) is 4.81. The standard InChI is InChI=1S/C21H23N3/c1-2-6-17(7-3-1)10-11-21-23-19-8-4-5-9-20(19)24(21)16-18-12-14-22-15-13-18/h1-11,18,22H,12-16H2/b11-10+. The number of hydrogen-bond acceptors (Lipinski definition) is 2. The Hall–Kier alpha value is -2.39. The molecule has 0 bridgehead atoms. The van der Waals surface area contributed by atoms with Crippen LogP contribution >= 0.6 is 0 Å². The van der Waals surface area contributed by atoms with Crippen LogP contribution in [-0.4, -0.2) is 22.6 Å². The summed E-state index contributed by atoms with van der Waals surface area (Å²) in [5, 5.41) is 3.45. The zero-order valence-corrected chi connectivity index (χ0v) is 13.9. The van der Waals surface area contributed by atoms with Gasteiger partial charge in [-0.1, -0.05) is 48.5 Å². The molecular weight excluding hydrogens is 294 g/mol. The molecule has 0 atom stereocenters. The molecule has 4 rings (SSSR count). The summed E-state index contributed by atoms with van der Waals surface area (Å²) in [5.41, 5.74) is 3.53. The van der Waals surface area contributed by atoms with E-state index >= 15 is 0 Å². The predicted octanol–water partition coefficient (Wildman–Crippen LogP) is 4.21. The van der Waals surface area contributed by atoms with Gasteiger partial charge < -0.3 is 9.88 Å². The van der Waals surface area contributed by atoms with Crippen LogP contribution in [0.5, 0.6) is 0 Å². The van der Waals surface area contributed by atoms with Crippen molar-refractivity contribution in [3.05, 3.63) is 66.0 Å². The van der Waals surface area contributed by atoms with Crippen molar-refractivity contribution in [2.45, 2.75) is 19.4 Å². The highest BCUT2D eigenvalue weighted by molar-refractivity contribution is 5.79. The van der Waals surface area contributed by atoms with E-state index in [0.29, 0.717) is 0 Å². The average molecular weight is 317 g/mol. The lowest BCUT2D eigenvalue weighted by molar-refractivity contribution is 0.335. The smallest absolute Gasteiger partial charge is 0.133 e. The Labute approximate surface area is 143 Å². The van der Waals surface area contributed by atoms with E-state index in [9.17, 15) is 0 Å². The van der Waals surface area contributed by atoms with Gasteiger partial charge in [0.05, 0.1) is 11.0 Å². The molecule has 3 heteroatoms. The van der Waals surface area contributed by atoms with E-state index in [-0.39, 0.29) is 0 Å². The maximum absolute atomic E-state index is 4.85. The fraction of sp³-hybridized carbons (Fsp3) is 0.286. The van der Waals surface area contributed by atoms with Gasteiger partial charge in [0, 0.05) is 6.54 Å². The van der Waals surface area contributed by atoms with Crippen molar-refractivity contribution >= 4 is 23.2 Å². The van der Waals surface area contributed by atoms with E-state index in [4.69, 9.17) is 4.98 Å². The van der Waals surface area contributed by atoms with Crippen LogP contribution in [0.25, 0.3) is 23.2 Å². The summed E-state index contributed by atoms with van der Waals surface area (Å²) in [5.74, 6) is 1.78. The molecule has 2 heterocycles. The lowest BCUT2D eigenvalue weighted by Gasteiger charge is -2.23. The van der Waals surface area contributed by atoms with Gasteiger partial charge in [-0.15, -0.1) is 0 Å². The number of imidazole rings is 1. The van der Waals surface area contributed by atoms with Crippen molar-refractivity contribution < 1.29 is 0 Å². The molecular formula is C21H23N3. The first-order valence-corrected chi connectivity index (χ1v) is 8.79. The van der Waals surface area contributed by atoms with Gasteiger partial charge in [-0.05, 0) is 55.6 Å². The number of nitrogens with one attached hydrogen (secondary N) is 1. The first kappa shape index (κ1) is 15.2. The highest BCUT2D eigenvalue weighted by Crippen LogP contribution is 2.22. The zero-order valence-electron chi connectivity index (χ0n) is 13.9. The maximum atomic E-state index is 4.85. The molecule has 3 nitrogen and oxygen atoms in total. The van der Waals surface area contributed by atoms with Gasteiger partial charge in [-0.25, -0.2) is 4.98 Å². The Morgan fingerprint density at radius 2 is 1.71 bits per heavy atom. The predicted molar refractivity (Wildman–Crippen MR) is 101 cm³/mol. The molecule has 0 amide bonds. The summed E-state index contributed by atoms with van der Waals surface area (Å²) in [6, 6.07) is 18.9. The second-order valence-corrected chi connectivity index (χ2v) is 6.51. The van der Waals surface area contributed by atoms with Gasteiger partial charge in [-0.3, -0.25) is 0 Å². The number of rotatable bonds is 4. The second-order valence-electron chi connectivity index (χ2n) is 6.51. The fourth-order valence-corrected chi connectivity index (χ4v) is 3.47. The maximum Gasteiger partial charge on any atom is 0.133 e. The van der Waals surface area contributed by atoms with E-state index < -0.39 is 0 Å². The SMILES string of the molecule is C(=C\c1nc2ccccc2n1CC1CCNCC1)/c1ccccc1. The highest BCUT2D eigenvalue weighted by Gasteiger charge is 2.16. The van der Waals surface area contributed by atoms with Gasteiger partial charge in [0.15, 0.2) is 0 Å². The molecule has 3 aromatic rings. The topological polar surface area (TPSA) is 29.9 Å². The van der Waals surface area contributed by atoms with Crippen molar-refractivity contribution in [2.75, 3.05) is 13.1 Å². The molecule has 1 N–H and O–H groups in total. The molecule has 1 fully saturated rings. The molecule has 0 saturated carbocycles. The molecule has 0 aliphatic carbocycles. The molecule has 0 unspecified atom stereocenters. The van der Waals surface area contributed by atoms with E-state index in [1.165, 1.54) is 23.9 Å². The van der Waals surface area contributed by atoms with Crippen molar-refractivity contribution in [1.29, 1.82) is 0 Å². The number of nitrogens with zero attached hydrogens (tertiary/aromatic N) is 2. The Kier molecular flexibility index (Phi) is 4.43. The van der Waals surface area contributed by atoms with Crippen LogP contribution in [0.2, 0.25) is 0 Å². The fourth-order valence-electron chi connectivity index (χ4n) is 3.47. The molecule has 1 aliphatic rings. The summed E-state index contributed by atoms with van der Waals surface area (Å²) in [6.45, 7) is 3.32. The summed E-state index contributed by atoms with van der Waals surface area (Å²) < 4.78 is 2.39. The van der Waals surface area contributed by atoms with Crippen LogP contribution in [0.4, 0.5) is 0 Å². The minimum atomic E-state index is 0.729. The number of aromatic nitrogens is 2. The minimum absolute atomic E-state index is 0.729. The van der Waals surface area contributed by atoms with Gasteiger partial charge in [-0.2, -0.15) is 0 Å². The van der Waals surface area contributed by atoms with Crippen LogP contribution in [0.15, 0.2) is 54.6 Å². The molecule has 2 aromatic carbocycles. The van der Waals surface area contributed by atoms with E-state index in [1.807, 2.05) is 6.07 Å². The third-order valence-electron chi connectivity index (χ3n) is 4.81. The molecule has 122 valence electrons. The minimum Gasteiger partial charge on any atom is -0.324 e. The van der Waals surface area contributed by atoms with Gasteiger partial charge in [0.25, 0.3) is 0 Å². The Bertz CT molecular complexity index is 827. The average Bonchev–Trinajstić information content (AvgIpc) is 2.99. The van der Waals surface area contributed by atoms with Crippen molar-refractivity contribution in [3.63, 3.8) is 0 Å². The molecule has 1 aliphatic heterocycles. The molecule has 0 radical (unpaired) electrons. The molecule has 1 aromatic heterocycles. The Morgan fingerprint density at radius 1 is 0.958 bits per heavy atom. The zero-order chi connectivity index (χ0) is 16.2. The van der Waals surface area contributed by atoms with E-state index in [0.717, 1.165) is 36.9 Å². The third kappa shape index (κ3) is 3.26. The normalized spacial score (nSPS) is 16.2. The summed E-state index contributed by atoms with van der Waals surface area (Å²) in [4.78, 5) is 4.85. The number of para-hydroxylation sites is 2. The van der Waals surface area contributed by atoms with Gasteiger partial charge >= 0.3 is 0 Å². The molecule has 24 heavy (non-hydrogen) atoms. The quantitative estimate of drug-likeness (QED) is 0.781. The Balaban J connectivity index is 1.68. The van der Waals surface area contributed by atoms with Gasteiger partial charge in [0.1, 0.15) is 5.82 Å². The summed E-state index contributed by atoms with van der Waals surface area (Å²) in [6.07, 6.45) is 6.79. The largest absolute Gasteiger partial charge is 0.324 e. The van der Waals surface area contributed by atoms with Crippen molar-refractivity contribution in [2.24, 2.45) is 5.92 Å². The number of benzene rings is 2. The summed E-state index contributed by atoms with van der Waals surface area (Å²) in [7, 11) is 0. The van der Waals surface area contributed by atoms with Gasteiger partial charge in [0.2, 0.25) is 0 Å². The highest BCUT2D eigenvalue weighted by atomic mass is 15.1. The Morgan fingerprint density at radius 3 is 2.54 bits per heavy atom. The summed E-state index contributed by atoms with van der Waals surface area (Å²) >= 11 is 0. The van der Waals surface area contributed by atoms with Crippen LogP contribution < -0.4 is 5.32 Å². The van der Waals surface area contributed by atoms with Crippen molar-refractivity contribution in [1.82, 2.24) is 14.9 Å². The monoisotopic (exact) mass is 317 g/mol. The first-order valence-electron chi connectivity index (χ1n) is 8.79. The second kappa shape index (κ2) is 7.02. The lowest BCUT2D eigenvalue weighted by Crippen LogP contribution is -2.30. The van der Waals surface area contributed by atoms with Crippen LogP contribution in [0.3, 0.4) is 0 Å². The van der Waals surface area contributed by atoms with Crippen LogP contribution in [0, 0.1) is 5.92 Å². The number of piperidine rings is 1. The van der Waals surface area contributed by atoms with Crippen molar-refractivity contribution in [3.8, 4) is 0 Å². The van der Waals surface area contributed by atoms with Crippen LogP contribution in [0.1, 0.15) is 24.2 Å². The molecule has 0 spiro atoms. The molecule has 1 saturated heterocycles. The number of fused-ring (bicyclic) bond motifs is 1. The lowest BCUT2D eigenvalue weighted by atomic mass is 9.98. The van der Waals surface area contributed by atoms with E-state index in [1.54, 1.807) is 0 Å². The number of hydrogen-bond donors (Lipinski definition) is 1. The van der Waals surface area contributed by atoms with E-state index in [2.05, 4.69) is 70.6 Å². The van der Waals surface area contributed by atoms with Crippen LogP contribution in [-0.2, 0) is 6.54 Å².